The number of nitrogens with one attached hydrogen (secondary N) is 3. The van der Waals surface area contributed by atoms with Crippen molar-refractivity contribution in [2.24, 2.45) is 0 Å². The van der Waals surface area contributed by atoms with Gasteiger partial charge in [0.2, 0.25) is 15.9 Å². The highest BCUT2D eigenvalue weighted by Gasteiger charge is 2.24. The van der Waals surface area contributed by atoms with Crippen LogP contribution in [-0.4, -0.2) is 32.3 Å². The standard InChI is InChI=1S/C20H24BrN3O4S/c1-20(2,3)24-29(27,28)17-7-5-4-6-16(17)23-18(25)12-13-22-19(26)14-8-10-15(21)11-9-14/h4-11,24H,12-13H2,1-3H3,(H,22,26)(H,23,25). The lowest BCUT2D eigenvalue weighted by molar-refractivity contribution is -0.116. The second-order valence-electron chi connectivity index (χ2n) is 7.41. The van der Waals surface area contributed by atoms with Crippen LogP contribution < -0.4 is 15.4 Å². The van der Waals surface area contributed by atoms with Gasteiger partial charge in [-0.25, -0.2) is 13.1 Å². The predicted molar refractivity (Wildman–Crippen MR) is 116 cm³/mol. The van der Waals surface area contributed by atoms with Crippen molar-refractivity contribution in [3.63, 3.8) is 0 Å². The van der Waals surface area contributed by atoms with Crippen LogP contribution in [0.3, 0.4) is 0 Å². The molecule has 156 valence electrons. The van der Waals surface area contributed by atoms with Crippen LogP contribution in [0.4, 0.5) is 5.69 Å². The number of rotatable bonds is 7. The van der Waals surface area contributed by atoms with Gasteiger partial charge in [-0.05, 0) is 57.2 Å². The summed E-state index contributed by atoms with van der Waals surface area (Å²) < 4.78 is 28.7. The van der Waals surface area contributed by atoms with E-state index in [4.69, 9.17) is 0 Å². The van der Waals surface area contributed by atoms with E-state index in [2.05, 4.69) is 31.3 Å². The second-order valence-corrected chi connectivity index (χ2v) is 9.98. The van der Waals surface area contributed by atoms with E-state index in [1.165, 1.54) is 12.1 Å². The summed E-state index contributed by atoms with van der Waals surface area (Å²) in [5.74, 6) is -0.692. The molecule has 3 N–H and O–H groups in total. The number of carbonyl (C=O) groups is 2. The lowest BCUT2D eigenvalue weighted by Crippen LogP contribution is -2.40. The van der Waals surface area contributed by atoms with Crippen LogP contribution in [0.2, 0.25) is 0 Å². The maximum absolute atomic E-state index is 12.6. The molecule has 0 heterocycles. The predicted octanol–water partition coefficient (Wildman–Crippen LogP) is 3.28. The highest BCUT2D eigenvalue weighted by Crippen LogP contribution is 2.22. The lowest BCUT2D eigenvalue weighted by atomic mass is 10.1. The molecular weight excluding hydrogens is 458 g/mol. The molecule has 0 unspecified atom stereocenters. The molecule has 0 aromatic heterocycles. The third-order valence-electron chi connectivity index (χ3n) is 3.64. The normalized spacial score (nSPS) is 11.7. The Bertz CT molecular complexity index is 984. The highest BCUT2D eigenvalue weighted by molar-refractivity contribution is 9.10. The van der Waals surface area contributed by atoms with Crippen LogP contribution in [0.5, 0.6) is 0 Å². The van der Waals surface area contributed by atoms with Crippen molar-refractivity contribution >= 4 is 43.5 Å². The van der Waals surface area contributed by atoms with E-state index in [1.54, 1.807) is 57.2 Å². The molecule has 0 atom stereocenters. The van der Waals surface area contributed by atoms with Gasteiger partial charge < -0.3 is 10.6 Å². The molecule has 0 aliphatic heterocycles. The first-order chi connectivity index (χ1) is 13.5. The van der Waals surface area contributed by atoms with Crippen LogP contribution in [0.25, 0.3) is 0 Å². The van der Waals surface area contributed by atoms with E-state index in [-0.39, 0.29) is 29.5 Å². The van der Waals surface area contributed by atoms with Crippen LogP contribution in [0.1, 0.15) is 37.6 Å². The number of hydrogen-bond acceptors (Lipinski definition) is 4. The topological polar surface area (TPSA) is 104 Å². The Kier molecular flexibility index (Phi) is 7.56. The van der Waals surface area contributed by atoms with Crippen LogP contribution in [0.15, 0.2) is 57.9 Å². The minimum absolute atomic E-state index is 0.00332. The largest absolute Gasteiger partial charge is 0.352 e. The second kappa shape index (κ2) is 9.51. The van der Waals surface area contributed by atoms with Gasteiger partial charge in [0.15, 0.2) is 0 Å². The Hall–Kier alpha value is -2.23. The van der Waals surface area contributed by atoms with E-state index in [1.807, 2.05) is 0 Å². The molecule has 0 aliphatic rings. The Morgan fingerprint density at radius 3 is 2.24 bits per heavy atom. The summed E-state index contributed by atoms with van der Waals surface area (Å²) in [4.78, 5) is 24.3. The Labute approximate surface area is 179 Å². The molecule has 0 bridgehead atoms. The molecule has 0 fully saturated rings. The van der Waals surface area contributed by atoms with Gasteiger partial charge >= 0.3 is 0 Å². The summed E-state index contributed by atoms with van der Waals surface area (Å²) in [7, 11) is -3.81. The van der Waals surface area contributed by atoms with Gasteiger partial charge in [0, 0.05) is 28.5 Å². The maximum Gasteiger partial charge on any atom is 0.251 e. The number of para-hydroxylation sites is 1. The number of sulfonamides is 1. The monoisotopic (exact) mass is 481 g/mol. The number of benzene rings is 2. The minimum atomic E-state index is -3.81. The molecule has 7 nitrogen and oxygen atoms in total. The van der Waals surface area contributed by atoms with Crippen molar-refractivity contribution < 1.29 is 18.0 Å². The molecule has 9 heteroatoms. The van der Waals surface area contributed by atoms with E-state index >= 15 is 0 Å². The highest BCUT2D eigenvalue weighted by atomic mass is 79.9. The van der Waals surface area contributed by atoms with Crippen LogP contribution in [0, 0.1) is 0 Å². The van der Waals surface area contributed by atoms with E-state index < -0.39 is 21.5 Å². The summed E-state index contributed by atoms with van der Waals surface area (Å²) in [6.07, 6.45) is 0.00332. The van der Waals surface area contributed by atoms with E-state index in [0.717, 1.165) is 4.47 Å². The first-order valence-electron chi connectivity index (χ1n) is 8.94. The summed E-state index contributed by atoms with van der Waals surface area (Å²) in [5.41, 5.74) is 0.0135. The quantitative estimate of drug-likeness (QED) is 0.564. The van der Waals surface area contributed by atoms with Crippen LogP contribution >= 0.6 is 15.9 Å². The van der Waals surface area contributed by atoms with Crippen molar-refractivity contribution in [1.82, 2.24) is 10.0 Å². The fraction of sp³-hybridized carbons (Fsp3) is 0.300. The van der Waals surface area contributed by atoms with Gasteiger partial charge in [0.1, 0.15) is 4.90 Å². The third kappa shape index (κ3) is 7.26. The Morgan fingerprint density at radius 1 is 1.00 bits per heavy atom. The molecule has 2 aromatic carbocycles. The smallest absolute Gasteiger partial charge is 0.251 e. The number of hydrogen-bond donors (Lipinski definition) is 3. The number of amides is 2. The molecular formula is C20H24BrN3O4S. The molecule has 0 saturated heterocycles. The average molecular weight is 482 g/mol. The first kappa shape index (κ1) is 23.1. The molecule has 0 spiro atoms. The SMILES string of the molecule is CC(C)(C)NS(=O)(=O)c1ccccc1NC(=O)CCNC(=O)c1ccc(Br)cc1. The maximum atomic E-state index is 12.6. The molecule has 29 heavy (non-hydrogen) atoms. The van der Waals surface area contributed by atoms with Crippen LogP contribution in [-0.2, 0) is 14.8 Å². The lowest BCUT2D eigenvalue weighted by Gasteiger charge is -2.21. The summed E-state index contributed by atoms with van der Waals surface area (Å²) in [5, 5.41) is 5.27. The fourth-order valence-electron chi connectivity index (χ4n) is 2.47. The summed E-state index contributed by atoms with van der Waals surface area (Å²) in [6.45, 7) is 5.33. The van der Waals surface area contributed by atoms with Crippen molar-refractivity contribution in [1.29, 1.82) is 0 Å². The fourth-order valence-corrected chi connectivity index (χ4v) is 4.31. The van der Waals surface area contributed by atoms with Gasteiger partial charge in [0.05, 0.1) is 5.69 Å². The zero-order valence-electron chi connectivity index (χ0n) is 16.5. The minimum Gasteiger partial charge on any atom is -0.352 e. The number of carbonyl (C=O) groups excluding carboxylic acids is 2. The van der Waals surface area contributed by atoms with Crippen molar-refractivity contribution in [2.75, 3.05) is 11.9 Å². The van der Waals surface area contributed by atoms with Crippen molar-refractivity contribution in [3.8, 4) is 0 Å². The Morgan fingerprint density at radius 2 is 1.62 bits per heavy atom. The molecule has 0 aliphatic carbocycles. The molecule has 2 amide bonds. The van der Waals surface area contributed by atoms with Gasteiger partial charge in [-0.2, -0.15) is 0 Å². The molecule has 2 rings (SSSR count). The summed E-state index contributed by atoms with van der Waals surface area (Å²) >= 11 is 3.30. The van der Waals surface area contributed by atoms with Gasteiger partial charge in [-0.1, -0.05) is 28.1 Å². The zero-order chi connectivity index (χ0) is 21.7. The Balaban J connectivity index is 1.97. The van der Waals surface area contributed by atoms with Gasteiger partial charge in [-0.15, -0.1) is 0 Å². The molecule has 2 aromatic rings. The summed E-state index contributed by atoms with van der Waals surface area (Å²) in [6, 6.07) is 13.0. The third-order valence-corrected chi connectivity index (χ3v) is 5.98. The van der Waals surface area contributed by atoms with Crippen molar-refractivity contribution in [3.05, 3.63) is 58.6 Å². The average Bonchev–Trinajstić information content (AvgIpc) is 2.60. The van der Waals surface area contributed by atoms with E-state index in [0.29, 0.717) is 5.56 Å². The van der Waals surface area contributed by atoms with Gasteiger partial charge in [0.25, 0.3) is 5.91 Å². The molecule has 0 saturated carbocycles. The first-order valence-corrected chi connectivity index (χ1v) is 11.2. The molecule has 0 radical (unpaired) electrons. The number of anilines is 1. The van der Waals surface area contributed by atoms with Gasteiger partial charge in [-0.3, -0.25) is 9.59 Å². The zero-order valence-corrected chi connectivity index (χ0v) is 18.9. The van der Waals surface area contributed by atoms with E-state index in [9.17, 15) is 18.0 Å². The van der Waals surface area contributed by atoms with Crippen molar-refractivity contribution in [2.45, 2.75) is 37.6 Å². The number of halogens is 1.